The minimum atomic E-state index is -0.289. The molecule has 1 aromatic rings. The lowest BCUT2D eigenvalue weighted by Crippen LogP contribution is -2.45. The first-order valence-electron chi connectivity index (χ1n) is 11.4. The maximum absolute atomic E-state index is 6.13. The second-order valence-electron chi connectivity index (χ2n) is 9.89. The molecule has 0 aliphatic carbocycles. The molecular weight excluding hydrogens is 363 g/mol. The second-order valence-corrected chi connectivity index (χ2v) is 9.89. The van der Waals surface area contributed by atoms with Crippen LogP contribution in [0.15, 0.2) is 24.3 Å². The minimum Gasteiger partial charge on any atom is -0.399 e. The number of unbranched alkanes of at least 4 members (excludes halogenated alkanes) is 3. The third kappa shape index (κ3) is 5.63. The quantitative estimate of drug-likeness (QED) is 0.403. The van der Waals surface area contributed by atoms with E-state index in [2.05, 4.69) is 58.9 Å². The van der Waals surface area contributed by atoms with Gasteiger partial charge in [0, 0.05) is 12.0 Å². The Labute approximate surface area is 177 Å². The van der Waals surface area contributed by atoms with Gasteiger partial charge in [-0.15, -0.1) is 0 Å². The van der Waals surface area contributed by atoms with E-state index in [1.807, 2.05) is 0 Å². The average Bonchev–Trinajstić information content (AvgIpc) is 2.87. The highest BCUT2D eigenvalue weighted by atomic mass is 16.7. The van der Waals surface area contributed by atoms with Gasteiger partial charge < -0.3 is 18.8 Å². The highest BCUT2D eigenvalue weighted by Crippen LogP contribution is 2.36. The van der Waals surface area contributed by atoms with Crippen LogP contribution >= 0.6 is 0 Å². The number of hydrogen-bond acceptors (Lipinski definition) is 4. The third-order valence-corrected chi connectivity index (χ3v) is 6.98. The first-order chi connectivity index (χ1) is 13.8. The summed E-state index contributed by atoms with van der Waals surface area (Å²) in [6, 6.07) is 8.74. The van der Waals surface area contributed by atoms with Gasteiger partial charge in [0.15, 0.2) is 0 Å². The van der Waals surface area contributed by atoms with Crippen LogP contribution in [0.25, 0.3) is 0 Å². The Morgan fingerprint density at radius 2 is 1.52 bits per heavy atom. The zero-order chi connectivity index (χ0) is 21.0. The van der Waals surface area contributed by atoms with Crippen LogP contribution in [-0.2, 0) is 25.2 Å². The third-order valence-electron chi connectivity index (χ3n) is 6.98. The van der Waals surface area contributed by atoms with Crippen molar-refractivity contribution >= 4 is 12.6 Å². The Hall–Kier alpha value is -0.875. The molecule has 2 heterocycles. The zero-order valence-corrected chi connectivity index (χ0v) is 19.1. The van der Waals surface area contributed by atoms with E-state index in [9.17, 15) is 0 Å². The molecule has 0 saturated carbocycles. The molecule has 29 heavy (non-hydrogen) atoms. The van der Waals surface area contributed by atoms with Gasteiger partial charge in [0.25, 0.3) is 0 Å². The number of ether oxygens (including phenoxy) is 2. The van der Waals surface area contributed by atoms with Crippen molar-refractivity contribution in [1.29, 1.82) is 0 Å². The summed E-state index contributed by atoms with van der Waals surface area (Å²) in [4.78, 5) is 0. The molecule has 2 aliphatic heterocycles. The van der Waals surface area contributed by atoms with Crippen molar-refractivity contribution in [1.82, 2.24) is 0 Å². The van der Waals surface area contributed by atoms with Gasteiger partial charge in [-0.2, -0.15) is 0 Å². The largest absolute Gasteiger partial charge is 0.494 e. The van der Waals surface area contributed by atoms with Crippen molar-refractivity contribution in [2.75, 3.05) is 26.4 Å². The van der Waals surface area contributed by atoms with E-state index >= 15 is 0 Å². The fourth-order valence-electron chi connectivity index (χ4n) is 3.78. The highest BCUT2D eigenvalue weighted by Gasteiger charge is 2.51. The van der Waals surface area contributed by atoms with E-state index in [0.717, 1.165) is 51.2 Å². The van der Waals surface area contributed by atoms with Gasteiger partial charge in [-0.25, -0.2) is 0 Å². The van der Waals surface area contributed by atoms with Crippen LogP contribution in [0.3, 0.4) is 0 Å². The number of aryl methyl sites for hydroxylation is 1. The summed E-state index contributed by atoms with van der Waals surface area (Å²) in [5.74, 6) is 0. The molecule has 1 aromatic carbocycles. The van der Waals surface area contributed by atoms with Crippen molar-refractivity contribution in [2.45, 2.75) is 84.3 Å². The Kier molecular flexibility index (Phi) is 7.48. The van der Waals surface area contributed by atoms with Crippen LogP contribution in [0.5, 0.6) is 0 Å². The molecule has 0 atom stereocenters. The monoisotopic (exact) mass is 402 g/mol. The van der Waals surface area contributed by atoms with Crippen LogP contribution in [0.1, 0.15) is 72.3 Å². The fraction of sp³-hybridized carbons (Fsp3) is 0.750. The molecule has 0 bridgehead atoms. The molecule has 0 radical (unpaired) electrons. The van der Waals surface area contributed by atoms with E-state index in [0.29, 0.717) is 5.41 Å². The molecule has 2 saturated heterocycles. The predicted octanol–water partition coefficient (Wildman–Crippen LogP) is 4.53. The Morgan fingerprint density at radius 1 is 0.897 bits per heavy atom. The van der Waals surface area contributed by atoms with Gasteiger partial charge in [0.2, 0.25) is 0 Å². The van der Waals surface area contributed by atoms with E-state index in [-0.39, 0.29) is 18.3 Å². The van der Waals surface area contributed by atoms with Gasteiger partial charge in [0.05, 0.1) is 31.0 Å². The molecule has 0 amide bonds. The van der Waals surface area contributed by atoms with Crippen LogP contribution in [0.4, 0.5) is 0 Å². The number of hydrogen-bond donors (Lipinski definition) is 0. The first-order valence-corrected chi connectivity index (χ1v) is 11.4. The van der Waals surface area contributed by atoms with E-state index in [1.165, 1.54) is 24.8 Å². The maximum Gasteiger partial charge on any atom is 0.494 e. The summed E-state index contributed by atoms with van der Waals surface area (Å²) in [6.07, 6.45) is 7.15. The summed E-state index contributed by atoms with van der Waals surface area (Å²) in [7, 11) is -0.271. The van der Waals surface area contributed by atoms with Crippen molar-refractivity contribution in [3.05, 3.63) is 29.8 Å². The number of benzene rings is 1. The minimum absolute atomic E-state index is 0.271. The van der Waals surface area contributed by atoms with Crippen LogP contribution in [0, 0.1) is 5.41 Å². The molecule has 5 heteroatoms. The molecule has 2 fully saturated rings. The van der Waals surface area contributed by atoms with Crippen LogP contribution in [-0.4, -0.2) is 44.7 Å². The summed E-state index contributed by atoms with van der Waals surface area (Å²) in [5.41, 5.74) is 2.22. The maximum atomic E-state index is 6.13. The lowest BCUT2D eigenvalue weighted by atomic mass is 9.78. The van der Waals surface area contributed by atoms with Gasteiger partial charge in [-0.1, -0.05) is 44.0 Å². The lowest BCUT2D eigenvalue weighted by molar-refractivity contribution is -0.150. The molecule has 0 spiro atoms. The van der Waals surface area contributed by atoms with Crippen LogP contribution in [0.2, 0.25) is 0 Å². The Bertz CT molecular complexity index is 615. The standard InChI is InChI=1S/C24H39BO4/c1-6-24(18-27-19-24)17-26-16-10-8-7-9-11-20-12-14-21(15-13-20)25-28-22(2,3)23(4,5)29-25/h12-15H,6-11,16-19H2,1-5H3. The molecule has 3 rings (SSSR count). The van der Waals surface area contributed by atoms with E-state index in [4.69, 9.17) is 18.8 Å². The molecule has 2 aliphatic rings. The number of rotatable bonds is 11. The average molecular weight is 402 g/mol. The van der Waals surface area contributed by atoms with Crippen molar-refractivity contribution in [3.63, 3.8) is 0 Å². The normalized spacial score (nSPS) is 21.9. The lowest BCUT2D eigenvalue weighted by Gasteiger charge is -2.40. The first kappa shape index (κ1) is 22.8. The Morgan fingerprint density at radius 3 is 2.07 bits per heavy atom. The molecule has 162 valence electrons. The van der Waals surface area contributed by atoms with Crippen molar-refractivity contribution in [3.8, 4) is 0 Å². The van der Waals surface area contributed by atoms with Gasteiger partial charge in [-0.3, -0.25) is 0 Å². The molecule has 0 unspecified atom stereocenters. The molecule has 0 aromatic heterocycles. The fourth-order valence-corrected chi connectivity index (χ4v) is 3.78. The summed E-state index contributed by atoms with van der Waals surface area (Å²) >= 11 is 0. The Balaban J connectivity index is 1.29. The summed E-state index contributed by atoms with van der Waals surface area (Å²) in [5, 5.41) is 0. The van der Waals surface area contributed by atoms with Crippen LogP contribution < -0.4 is 5.46 Å². The van der Waals surface area contributed by atoms with Crippen molar-refractivity contribution < 1.29 is 18.8 Å². The SMILES string of the molecule is CCC1(COCCCCCCc2ccc(B3OC(C)(C)C(C)(C)O3)cc2)COC1. The van der Waals surface area contributed by atoms with Gasteiger partial charge in [0.1, 0.15) is 0 Å². The van der Waals surface area contributed by atoms with Gasteiger partial charge >= 0.3 is 7.12 Å². The smallest absolute Gasteiger partial charge is 0.399 e. The highest BCUT2D eigenvalue weighted by molar-refractivity contribution is 6.62. The second kappa shape index (κ2) is 9.51. The molecular formula is C24H39BO4. The molecule has 0 N–H and O–H groups in total. The summed E-state index contributed by atoms with van der Waals surface area (Å²) < 4.78 is 23.5. The van der Waals surface area contributed by atoms with E-state index < -0.39 is 0 Å². The predicted molar refractivity (Wildman–Crippen MR) is 119 cm³/mol. The van der Waals surface area contributed by atoms with E-state index in [1.54, 1.807) is 0 Å². The summed E-state index contributed by atoms with van der Waals surface area (Å²) in [6.45, 7) is 14.1. The van der Waals surface area contributed by atoms with Gasteiger partial charge in [-0.05, 0) is 64.4 Å². The molecule has 4 nitrogen and oxygen atoms in total. The zero-order valence-electron chi connectivity index (χ0n) is 19.1. The topological polar surface area (TPSA) is 36.9 Å². The van der Waals surface area contributed by atoms with Crippen molar-refractivity contribution in [2.24, 2.45) is 5.41 Å².